The lowest BCUT2D eigenvalue weighted by atomic mass is 9.91. The average Bonchev–Trinajstić information content (AvgIpc) is 3.64. The number of hydrogen-bond donors (Lipinski definition) is 1. The molecular weight excluding hydrogens is 435 g/mol. The molecule has 2 aliphatic carbocycles. The quantitative estimate of drug-likeness (QED) is 0.568. The summed E-state index contributed by atoms with van der Waals surface area (Å²) in [4.78, 5) is 24.3. The van der Waals surface area contributed by atoms with E-state index in [2.05, 4.69) is 50.7 Å². The number of carbonyl (C=O) groups excluding carboxylic acids is 1. The molecule has 7 nitrogen and oxygen atoms in total. The fraction of sp³-hybridized carbons (Fsp3) is 0.407. The molecular formula is C27H29BN6O. The van der Waals surface area contributed by atoms with Crippen molar-refractivity contribution in [2.45, 2.75) is 38.1 Å². The zero-order valence-electron chi connectivity index (χ0n) is 19.8. The fourth-order valence-electron chi connectivity index (χ4n) is 5.55. The number of nitrogens with one attached hydrogen (secondary N) is 1. The summed E-state index contributed by atoms with van der Waals surface area (Å²) in [6.07, 6.45) is 17.9. The molecule has 1 unspecified atom stereocenters. The van der Waals surface area contributed by atoms with Crippen LogP contribution in [0.5, 0.6) is 0 Å². The van der Waals surface area contributed by atoms with Gasteiger partial charge in [-0.15, -0.1) is 0 Å². The van der Waals surface area contributed by atoms with E-state index in [9.17, 15) is 4.79 Å². The number of allylic oxidation sites excluding steroid dienone is 4. The van der Waals surface area contributed by atoms with E-state index in [1.54, 1.807) is 16.9 Å². The highest BCUT2D eigenvalue weighted by Crippen LogP contribution is 2.48. The monoisotopic (exact) mass is 464 g/mol. The van der Waals surface area contributed by atoms with Crippen molar-refractivity contribution in [3.8, 4) is 0 Å². The van der Waals surface area contributed by atoms with Crippen molar-refractivity contribution in [1.29, 1.82) is 0 Å². The predicted octanol–water partition coefficient (Wildman–Crippen LogP) is 3.00. The number of aromatic nitrogens is 4. The molecule has 8 heteroatoms. The van der Waals surface area contributed by atoms with Crippen LogP contribution in [0, 0.1) is 17.8 Å². The molecule has 3 aromatic rings. The summed E-state index contributed by atoms with van der Waals surface area (Å²) in [5, 5.41) is 7.89. The normalized spacial score (nSPS) is 24.1. The standard InChI is InChI=1S/C27H29BN6O/c28-23-17-31-34-25(30-16-18-5-4-10-29-15-18)14-24(32-26(23)34)20-8-11-33(12-9-20)27(35)22-13-21(22)19-6-2-1-3-7-19/h1-6,10,14-15,17,19-22,30H,7-9,11-13,16H2/t19?,21-,22+/m0/s1. The van der Waals surface area contributed by atoms with Crippen LogP contribution in [0.3, 0.4) is 0 Å². The number of fused-ring (bicyclic) bond motifs is 1. The van der Waals surface area contributed by atoms with Gasteiger partial charge in [0.1, 0.15) is 19.3 Å². The molecule has 3 aromatic heterocycles. The lowest BCUT2D eigenvalue weighted by Crippen LogP contribution is -2.39. The van der Waals surface area contributed by atoms with Crippen LogP contribution >= 0.6 is 0 Å². The molecule has 6 rings (SSSR count). The smallest absolute Gasteiger partial charge is 0.225 e. The largest absolute Gasteiger partial charge is 0.366 e. The Hall–Kier alpha value is -3.42. The van der Waals surface area contributed by atoms with Gasteiger partial charge < -0.3 is 10.2 Å². The van der Waals surface area contributed by atoms with Crippen molar-refractivity contribution in [3.63, 3.8) is 0 Å². The van der Waals surface area contributed by atoms with Gasteiger partial charge in [-0.25, -0.2) is 4.98 Å². The van der Waals surface area contributed by atoms with Crippen molar-refractivity contribution < 1.29 is 4.79 Å². The number of nitrogens with zero attached hydrogens (tertiary/aromatic N) is 5. The number of amides is 1. The van der Waals surface area contributed by atoms with Gasteiger partial charge in [-0.2, -0.15) is 9.61 Å². The molecule has 0 spiro atoms. The lowest BCUT2D eigenvalue weighted by molar-refractivity contribution is -0.134. The molecule has 4 heterocycles. The van der Waals surface area contributed by atoms with Crippen LogP contribution in [0.1, 0.15) is 42.9 Å². The first-order valence-electron chi connectivity index (χ1n) is 12.6. The Labute approximate surface area is 206 Å². The SMILES string of the molecule is [B]c1cnn2c(NCc3cccnc3)cc(C3CCN(C(=O)[C@@H]4C[C@H]4C4C=CC=CC4)CC3)nc12. The number of piperidine rings is 1. The second-order valence-electron chi connectivity index (χ2n) is 9.93. The Morgan fingerprint density at radius 2 is 2.09 bits per heavy atom. The third-order valence-corrected chi connectivity index (χ3v) is 7.66. The van der Waals surface area contributed by atoms with E-state index in [0.717, 1.165) is 55.8 Å². The third kappa shape index (κ3) is 4.49. The highest BCUT2D eigenvalue weighted by molar-refractivity contribution is 6.36. The Morgan fingerprint density at radius 3 is 2.86 bits per heavy atom. The second-order valence-corrected chi connectivity index (χ2v) is 9.93. The van der Waals surface area contributed by atoms with Crippen LogP contribution < -0.4 is 10.8 Å². The van der Waals surface area contributed by atoms with Crippen molar-refractivity contribution in [3.05, 3.63) is 72.4 Å². The minimum atomic E-state index is 0.206. The number of hydrogen-bond acceptors (Lipinski definition) is 5. The molecule has 1 amide bonds. The summed E-state index contributed by atoms with van der Waals surface area (Å²) in [6.45, 7) is 2.20. The molecule has 2 radical (unpaired) electrons. The van der Waals surface area contributed by atoms with Crippen molar-refractivity contribution in [1.82, 2.24) is 24.5 Å². The topological polar surface area (TPSA) is 75.4 Å². The Morgan fingerprint density at radius 1 is 1.20 bits per heavy atom. The number of anilines is 1. The summed E-state index contributed by atoms with van der Waals surface area (Å²) in [5.74, 6) is 2.75. The van der Waals surface area contributed by atoms with E-state index in [4.69, 9.17) is 12.8 Å². The van der Waals surface area contributed by atoms with E-state index >= 15 is 0 Å². The van der Waals surface area contributed by atoms with Gasteiger partial charge in [-0.3, -0.25) is 9.78 Å². The number of pyridine rings is 1. The predicted molar refractivity (Wildman–Crippen MR) is 136 cm³/mol. The number of carbonyl (C=O) groups is 1. The molecule has 3 aliphatic rings. The average molecular weight is 464 g/mol. The molecule has 1 N–H and O–H groups in total. The zero-order valence-corrected chi connectivity index (χ0v) is 19.8. The summed E-state index contributed by atoms with van der Waals surface area (Å²) in [6, 6.07) is 6.05. The third-order valence-electron chi connectivity index (χ3n) is 7.66. The Balaban J connectivity index is 1.12. The molecule has 2 fully saturated rings. The van der Waals surface area contributed by atoms with Crippen molar-refractivity contribution in [2.75, 3.05) is 18.4 Å². The molecule has 1 aliphatic heterocycles. The molecule has 0 bridgehead atoms. The van der Waals surface area contributed by atoms with Gasteiger partial charge in [0, 0.05) is 61.8 Å². The second kappa shape index (κ2) is 9.32. The van der Waals surface area contributed by atoms with Gasteiger partial charge >= 0.3 is 0 Å². The van der Waals surface area contributed by atoms with E-state index in [0.29, 0.717) is 41.3 Å². The maximum absolute atomic E-state index is 13.1. The van der Waals surface area contributed by atoms with Crippen LogP contribution in [-0.2, 0) is 11.3 Å². The van der Waals surface area contributed by atoms with E-state index in [-0.39, 0.29) is 5.92 Å². The first-order valence-corrected chi connectivity index (χ1v) is 12.6. The summed E-state index contributed by atoms with van der Waals surface area (Å²) in [7, 11) is 6.18. The van der Waals surface area contributed by atoms with E-state index in [1.165, 1.54) is 0 Å². The van der Waals surface area contributed by atoms with Crippen molar-refractivity contribution in [2.24, 2.45) is 17.8 Å². The maximum Gasteiger partial charge on any atom is 0.225 e. The van der Waals surface area contributed by atoms with Gasteiger partial charge in [-0.05, 0) is 54.6 Å². The summed E-state index contributed by atoms with van der Waals surface area (Å²) >= 11 is 0. The van der Waals surface area contributed by atoms with Gasteiger partial charge in [0.05, 0.1) is 0 Å². The molecule has 3 atom stereocenters. The molecule has 176 valence electrons. The van der Waals surface area contributed by atoms with Crippen LogP contribution in [0.15, 0.2) is 61.1 Å². The van der Waals surface area contributed by atoms with Crippen molar-refractivity contribution >= 4 is 30.7 Å². The van der Waals surface area contributed by atoms with Gasteiger partial charge in [0.15, 0.2) is 0 Å². The molecule has 35 heavy (non-hydrogen) atoms. The lowest BCUT2D eigenvalue weighted by Gasteiger charge is -2.32. The van der Waals surface area contributed by atoms with Crippen LogP contribution in [-0.4, -0.2) is 51.3 Å². The zero-order chi connectivity index (χ0) is 23.8. The fourth-order valence-corrected chi connectivity index (χ4v) is 5.55. The molecule has 1 saturated carbocycles. The molecule has 0 aromatic carbocycles. The Kier molecular flexibility index (Phi) is 5.88. The van der Waals surface area contributed by atoms with Gasteiger partial charge in [0.2, 0.25) is 5.91 Å². The van der Waals surface area contributed by atoms with Gasteiger partial charge in [0.25, 0.3) is 0 Å². The first kappa shape index (κ1) is 22.1. The van der Waals surface area contributed by atoms with E-state index in [1.807, 2.05) is 18.3 Å². The van der Waals surface area contributed by atoms with Crippen LogP contribution in [0.2, 0.25) is 0 Å². The van der Waals surface area contributed by atoms with E-state index < -0.39 is 0 Å². The maximum atomic E-state index is 13.1. The highest BCUT2D eigenvalue weighted by Gasteiger charge is 2.48. The van der Waals surface area contributed by atoms with Crippen LogP contribution in [0.25, 0.3) is 5.65 Å². The molecule has 1 saturated heterocycles. The summed E-state index contributed by atoms with van der Waals surface area (Å²) < 4.78 is 1.76. The van der Waals surface area contributed by atoms with Gasteiger partial charge in [-0.1, -0.05) is 30.4 Å². The minimum Gasteiger partial charge on any atom is -0.366 e. The Bertz CT molecular complexity index is 1280. The first-order chi connectivity index (χ1) is 17.2. The van der Waals surface area contributed by atoms with Crippen LogP contribution in [0.4, 0.5) is 5.82 Å². The highest BCUT2D eigenvalue weighted by atomic mass is 16.2. The number of likely N-dealkylation sites (tertiary alicyclic amines) is 1. The number of rotatable bonds is 6. The summed E-state index contributed by atoms with van der Waals surface area (Å²) in [5.41, 5.74) is 3.33. The minimum absolute atomic E-state index is 0.206.